The first-order chi connectivity index (χ1) is 18.5. The number of halogens is 1. The highest BCUT2D eigenvalue weighted by Gasteiger charge is 2.34. The van der Waals surface area contributed by atoms with Gasteiger partial charge in [0.1, 0.15) is 17.6 Å². The minimum Gasteiger partial charge on any atom is -0.344 e. The van der Waals surface area contributed by atoms with Gasteiger partial charge in [-0.3, -0.25) is 19.4 Å². The average Bonchev–Trinajstić information content (AvgIpc) is 3.09. The number of ketones is 1. The Kier molecular flexibility index (Phi) is 8.66. The van der Waals surface area contributed by atoms with Crippen molar-refractivity contribution >= 4 is 38.7 Å². The van der Waals surface area contributed by atoms with Crippen LogP contribution in [0, 0.1) is 11.7 Å². The highest BCUT2D eigenvalue weighted by molar-refractivity contribution is 7.89. The number of sulfonamides is 1. The van der Waals surface area contributed by atoms with Crippen molar-refractivity contribution in [1.82, 2.24) is 24.9 Å². The van der Waals surface area contributed by atoms with Crippen LogP contribution < -0.4 is 10.6 Å². The molecule has 0 saturated carbocycles. The van der Waals surface area contributed by atoms with E-state index in [4.69, 9.17) is 0 Å². The molecule has 12 heteroatoms. The van der Waals surface area contributed by atoms with Gasteiger partial charge in [-0.1, -0.05) is 26.0 Å². The largest absolute Gasteiger partial charge is 0.344 e. The molecule has 1 aliphatic rings. The third kappa shape index (κ3) is 6.82. The van der Waals surface area contributed by atoms with E-state index in [1.807, 2.05) is 19.9 Å². The number of rotatable bonds is 8. The maximum atomic E-state index is 13.3. The van der Waals surface area contributed by atoms with E-state index in [9.17, 15) is 27.2 Å². The van der Waals surface area contributed by atoms with Gasteiger partial charge in [0.15, 0.2) is 5.78 Å². The highest BCUT2D eigenvalue weighted by Crippen LogP contribution is 2.20. The number of carbonyl (C=O) groups excluding carboxylic acids is 3. The molecule has 0 bridgehead atoms. The molecular formula is C27H30FN5O5S. The van der Waals surface area contributed by atoms with Gasteiger partial charge in [-0.25, -0.2) is 17.8 Å². The third-order valence-electron chi connectivity index (χ3n) is 6.40. The molecule has 2 N–H and O–H groups in total. The summed E-state index contributed by atoms with van der Waals surface area (Å²) in [6, 6.07) is 9.62. The van der Waals surface area contributed by atoms with E-state index in [1.54, 1.807) is 18.2 Å². The van der Waals surface area contributed by atoms with E-state index in [0.717, 1.165) is 28.6 Å². The second-order valence-corrected chi connectivity index (χ2v) is 11.8. The summed E-state index contributed by atoms with van der Waals surface area (Å²) in [6.45, 7) is 3.44. The van der Waals surface area contributed by atoms with E-state index in [1.165, 1.54) is 6.20 Å². The number of nitrogens with zero attached hydrogens (tertiary/aromatic N) is 3. The van der Waals surface area contributed by atoms with E-state index < -0.39 is 52.1 Å². The Morgan fingerprint density at radius 3 is 2.49 bits per heavy atom. The summed E-state index contributed by atoms with van der Waals surface area (Å²) >= 11 is 0. The minimum atomic E-state index is -4.02. The fourth-order valence-electron chi connectivity index (χ4n) is 4.38. The van der Waals surface area contributed by atoms with Crippen LogP contribution in [0.4, 0.5) is 4.39 Å². The van der Waals surface area contributed by atoms with Crippen LogP contribution in [-0.2, 0) is 19.6 Å². The van der Waals surface area contributed by atoms with Gasteiger partial charge >= 0.3 is 0 Å². The minimum absolute atomic E-state index is 0.0462. The number of fused-ring (bicyclic) bond motifs is 1. The van der Waals surface area contributed by atoms with Crippen LogP contribution in [0.15, 0.2) is 59.6 Å². The van der Waals surface area contributed by atoms with Crippen LogP contribution in [0.3, 0.4) is 0 Å². The zero-order valence-corrected chi connectivity index (χ0v) is 22.4. The van der Waals surface area contributed by atoms with Crippen molar-refractivity contribution in [2.24, 2.45) is 5.92 Å². The second kappa shape index (κ2) is 12.0. The zero-order chi connectivity index (χ0) is 28.2. The Labute approximate surface area is 226 Å². The summed E-state index contributed by atoms with van der Waals surface area (Å²) in [5, 5.41) is 5.42. The van der Waals surface area contributed by atoms with Crippen LogP contribution in [0.5, 0.6) is 0 Å². The molecule has 39 heavy (non-hydrogen) atoms. The van der Waals surface area contributed by atoms with Gasteiger partial charge in [0.05, 0.1) is 34.7 Å². The highest BCUT2D eigenvalue weighted by atomic mass is 32.2. The molecule has 1 aliphatic heterocycles. The van der Waals surface area contributed by atoms with Crippen LogP contribution in [0.1, 0.15) is 43.6 Å². The number of nitrogens with one attached hydrogen (secondary N) is 2. The molecule has 10 nitrogen and oxygen atoms in total. The Hall–Kier alpha value is -3.77. The predicted octanol–water partition coefficient (Wildman–Crippen LogP) is 2.45. The summed E-state index contributed by atoms with van der Waals surface area (Å²) in [7, 11) is -4.02. The lowest BCUT2D eigenvalue weighted by Gasteiger charge is -2.23. The molecule has 2 aromatic carbocycles. The number of aromatic nitrogens is 2. The number of benzene rings is 2. The van der Waals surface area contributed by atoms with Crippen LogP contribution in [0.25, 0.3) is 11.0 Å². The molecule has 0 radical (unpaired) electrons. The molecule has 2 atom stereocenters. The Morgan fingerprint density at radius 1 is 1.10 bits per heavy atom. The summed E-state index contributed by atoms with van der Waals surface area (Å²) < 4.78 is 40.3. The van der Waals surface area contributed by atoms with Gasteiger partial charge < -0.3 is 10.6 Å². The molecule has 2 amide bonds. The lowest BCUT2D eigenvalue weighted by molar-refractivity contribution is -0.129. The van der Waals surface area contributed by atoms with Gasteiger partial charge in [-0.15, -0.1) is 0 Å². The summed E-state index contributed by atoms with van der Waals surface area (Å²) in [5.74, 6) is -2.11. The van der Waals surface area contributed by atoms with Crippen molar-refractivity contribution in [3.8, 4) is 0 Å². The SMILES string of the molecule is CC(C)C[C@H](NC(=O)c1cnc2ccccc2n1)C(=O)N[C@H]1CCCN(S(=O)(=O)c2ccc(F)cc2)CC1=O. The Balaban J connectivity index is 1.44. The van der Waals surface area contributed by atoms with Gasteiger partial charge in [0, 0.05) is 6.54 Å². The Bertz CT molecular complexity index is 1480. The maximum absolute atomic E-state index is 13.3. The number of amides is 2. The standard InChI is InChI=1S/C27H30FN5O5S/c1-17(2)14-23(32-27(36)24-15-29-20-6-3-4-7-21(20)30-24)26(35)31-22-8-5-13-33(16-25(22)34)39(37,38)19-11-9-18(28)10-12-19/h3-4,6-7,9-12,15,17,22-23H,5,8,13-14,16H2,1-2H3,(H,31,35)(H,32,36)/t22-,23-/m0/s1. The number of hydrogen-bond acceptors (Lipinski definition) is 7. The summed E-state index contributed by atoms with van der Waals surface area (Å²) in [5.41, 5.74) is 1.23. The van der Waals surface area contributed by atoms with Crippen LogP contribution >= 0.6 is 0 Å². The van der Waals surface area contributed by atoms with Crippen molar-refractivity contribution in [1.29, 1.82) is 0 Å². The first-order valence-corrected chi connectivity index (χ1v) is 14.1. The number of para-hydroxylation sites is 2. The van der Waals surface area contributed by atoms with E-state index >= 15 is 0 Å². The molecular weight excluding hydrogens is 525 g/mol. The number of Topliss-reactive ketones (excluding diaryl/α,β-unsaturated/α-hetero) is 1. The van der Waals surface area contributed by atoms with E-state index in [0.29, 0.717) is 23.9 Å². The topological polar surface area (TPSA) is 138 Å². The van der Waals surface area contributed by atoms with Crippen molar-refractivity contribution in [2.75, 3.05) is 13.1 Å². The predicted molar refractivity (Wildman–Crippen MR) is 142 cm³/mol. The van der Waals surface area contributed by atoms with Gasteiger partial charge in [-0.05, 0) is 61.6 Å². The lowest BCUT2D eigenvalue weighted by atomic mass is 10.0. The molecule has 2 heterocycles. The summed E-state index contributed by atoms with van der Waals surface area (Å²) in [6.07, 6.45) is 2.21. The monoisotopic (exact) mass is 555 g/mol. The molecule has 0 aliphatic carbocycles. The smallest absolute Gasteiger partial charge is 0.272 e. The van der Waals surface area contributed by atoms with E-state index in [-0.39, 0.29) is 29.5 Å². The molecule has 0 spiro atoms. The van der Waals surface area contributed by atoms with Gasteiger partial charge in [0.25, 0.3) is 5.91 Å². The Morgan fingerprint density at radius 2 is 1.79 bits per heavy atom. The molecule has 1 aromatic heterocycles. The van der Waals surface area contributed by atoms with Gasteiger partial charge in [0.2, 0.25) is 15.9 Å². The first-order valence-electron chi connectivity index (χ1n) is 12.7. The van der Waals surface area contributed by atoms with Gasteiger partial charge in [-0.2, -0.15) is 4.31 Å². The van der Waals surface area contributed by atoms with Crippen LogP contribution in [0.2, 0.25) is 0 Å². The fraction of sp³-hybridized carbons (Fsp3) is 0.370. The van der Waals surface area contributed by atoms with Crippen molar-refractivity contribution in [3.05, 3.63) is 66.2 Å². The van der Waals surface area contributed by atoms with Crippen molar-refractivity contribution in [2.45, 2.75) is 50.1 Å². The normalized spacial score (nSPS) is 17.5. The first kappa shape index (κ1) is 28.2. The zero-order valence-electron chi connectivity index (χ0n) is 21.6. The van der Waals surface area contributed by atoms with Crippen molar-refractivity contribution in [3.63, 3.8) is 0 Å². The maximum Gasteiger partial charge on any atom is 0.272 e. The third-order valence-corrected chi connectivity index (χ3v) is 8.26. The molecule has 0 unspecified atom stereocenters. The fourth-order valence-corrected chi connectivity index (χ4v) is 5.83. The quantitative estimate of drug-likeness (QED) is 0.435. The average molecular weight is 556 g/mol. The van der Waals surface area contributed by atoms with Crippen molar-refractivity contribution < 1.29 is 27.2 Å². The second-order valence-electron chi connectivity index (χ2n) is 9.86. The molecule has 4 rings (SSSR count). The molecule has 206 valence electrons. The lowest BCUT2D eigenvalue weighted by Crippen LogP contribution is -2.52. The molecule has 3 aromatic rings. The van der Waals surface area contributed by atoms with Crippen LogP contribution in [-0.4, -0.2) is 65.5 Å². The summed E-state index contributed by atoms with van der Waals surface area (Å²) in [4.78, 5) is 47.7. The van der Waals surface area contributed by atoms with E-state index in [2.05, 4.69) is 20.6 Å². The number of hydrogen-bond donors (Lipinski definition) is 2. The molecule has 1 saturated heterocycles. The number of carbonyl (C=O) groups is 3. The molecule has 1 fully saturated rings.